The molecule has 0 saturated carbocycles. The number of rotatable bonds is 5. The maximum absolute atomic E-state index is 6.64. The number of hydrogen-bond acceptors (Lipinski definition) is 5. The fourth-order valence-electron chi connectivity index (χ4n) is 9.50. The van der Waals surface area contributed by atoms with Crippen LogP contribution in [0.1, 0.15) is 26.3 Å². The van der Waals surface area contributed by atoms with Gasteiger partial charge in [-0.15, -0.1) is 48.1 Å². The molecule has 5 aromatic heterocycles. The largest absolute Gasteiger partial charge is 0.509 e. The van der Waals surface area contributed by atoms with Gasteiger partial charge < -0.3 is 28.2 Å². The molecule has 0 amide bonds. The number of hydrogen-bond donors (Lipinski definition) is 0. The third kappa shape index (κ3) is 5.63. The Bertz CT molecular complexity index is 3500. The minimum absolute atomic E-state index is 0. The van der Waals surface area contributed by atoms with E-state index >= 15 is 0 Å². The summed E-state index contributed by atoms with van der Waals surface area (Å²) in [4.78, 5) is 13.9. The second-order valence-corrected chi connectivity index (χ2v) is 17.0. The van der Waals surface area contributed by atoms with E-state index < -0.39 is 0 Å². The average molecular weight is 986 g/mol. The van der Waals surface area contributed by atoms with Crippen LogP contribution in [0.2, 0.25) is 0 Å². The summed E-state index contributed by atoms with van der Waals surface area (Å²) in [5.41, 5.74) is 11.9. The molecule has 0 aliphatic carbocycles. The van der Waals surface area contributed by atoms with E-state index in [1.165, 1.54) is 49.2 Å². The van der Waals surface area contributed by atoms with Crippen molar-refractivity contribution < 1.29 is 25.8 Å². The van der Waals surface area contributed by atoms with Gasteiger partial charge in [-0.2, -0.15) is 12.1 Å². The predicted molar refractivity (Wildman–Crippen MR) is 249 cm³/mol. The first-order valence-corrected chi connectivity index (χ1v) is 20.6. The van der Waals surface area contributed by atoms with E-state index in [1.807, 2.05) is 42.9 Å². The van der Waals surface area contributed by atoms with Gasteiger partial charge in [0.25, 0.3) is 0 Å². The quantitative estimate of drug-likeness (QED) is 0.161. The van der Waals surface area contributed by atoms with Crippen LogP contribution in [0, 0.1) is 18.8 Å². The fourth-order valence-corrected chi connectivity index (χ4v) is 9.50. The summed E-state index contributed by atoms with van der Waals surface area (Å²) in [6.07, 6.45) is 5.62. The molecule has 1 aliphatic rings. The topological polar surface area (TPSA) is 56.3 Å². The summed E-state index contributed by atoms with van der Waals surface area (Å²) in [5, 5.41) is 6.99. The molecule has 0 saturated heterocycles. The molecule has 0 unspecified atom stereocenters. The molecule has 0 fully saturated rings. The summed E-state index contributed by atoms with van der Waals surface area (Å²) < 4.78 is 13.5. The number of para-hydroxylation sites is 4. The average Bonchev–Trinajstić information content (AvgIpc) is 4.00. The zero-order valence-corrected chi connectivity index (χ0v) is 37.1. The Kier molecular flexibility index (Phi) is 8.64. The summed E-state index contributed by atoms with van der Waals surface area (Å²) in [7, 11) is 4.36. The van der Waals surface area contributed by atoms with E-state index in [0.29, 0.717) is 11.5 Å². The normalized spacial score (nSPS) is 13.0. The van der Waals surface area contributed by atoms with Crippen LogP contribution in [-0.2, 0) is 40.6 Å². The molecule has 0 N–H and O–H groups in total. The maximum atomic E-state index is 6.64. The Balaban J connectivity index is 0.00000432. The van der Waals surface area contributed by atoms with Crippen molar-refractivity contribution in [2.75, 3.05) is 9.80 Å². The van der Waals surface area contributed by atoms with Crippen molar-refractivity contribution in [3.8, 4) is 17.3 Å². The van der Waals surface area contributed by atoms with Gasteiger partial charge in [0, 0.05) is 115 Å². The molecule has 0 bridgehead atoms. The first-order valence-electron chi connectivity index (χ1n) is 20.6. The van der Waals surface area contributed by atoms with Crippen LogP contribution in [0.3, 0.4) is 0 Å². The molecule has 8 nitrogen and oxygen atoms in total. The molecular formula is C53H40N7OPt-3. The number of aryl methyl sites for hydroxylation is 2. The van der Waals surface area contributed by atoms with Crippen molar-refractivity contribution in [2.45, 2.75) is 26.2 Å². The van der Waals surface area contributed by atoms with Crippen molar-refractivity contribution in [3.63, 3.8) is 0 Å². The second-order valence-electron chi connectivity index (χ2n) is 17.0. The molecule has 9 heteroatoms. The van der Waals surface area contributed by atoms with Gasteiger partial charge >= 0.3 is 0 Å². The molecule has 306 valence electrons. The number of benzene rings is 6. The Hall–Kier alpha value is -6.89. The first kappa shape index (κ1) is 38.1. The molecular weight excluding hydrogens is 946 g/mol. The third-order valence-electron chi connectivity index (χ3n) is 12.4. The molecule has 0 radical (unpaired) electrons. The van der Waals surface area contributed by atoms with E-state index in [9.17, 15) is 0 Å². The smallest absolute Gasteiger partial charge is 0.135 e. The Morgan fingerprint density at radius 3 is 1.95 bits per heavy atom. The third-order valence-corrected chi connectivity index (χ3v) is 12.4. The summed E-state index contributed by atoms with van der Waals surface area (Å²) in [6.45, 7) is 8.86. The van der Waals surface area contributed by atoms with Crippen LogP contribution >= 0.6 is 0 Å². The molecule has 12 rings (SSSR count). The van der Waals surface area contributed by atoms with Crippen LogP contribution in [0.15, 0.2) is 146 Å². The van der Waals surface area contributed by atoms with Gasteiger partial charge in [-0.3, -0.25) is 4.98 Å². The van der Waals surface area contributed by atoms with Crippen molar-refractivity contribution in [1.82, 2.24) is 23.7 Å². The molecule has 6 aromatic carbocycles. The molecule has 6 heterocycles. The molecule has 11 aromatic rings. The van der Waals surface area contributed by atoms with Gasteiger partial charge in [-0.1, -0.05) is 74.8 Å². The van der Waals surface area contributed by atoms with Crippen LogP contribution in [0.5, 0.6) is 11.5 Å². The van der Waals surface area contributed by atoms with E-state index in [4.69, 9.17) is 9.72 Å². The zero-order chi connectivity index (χ0) is 41.1. The fraction of sp³-hybridized carbons (Fsp3) is 0.113. The molecule has 0 atom stereocenters. The standard InChI is InChI=1S/C53H40N7O.Pt/c1-53(2,3)33-23-26-55-49(27-33)60-45-24-25-54-31-42(45)39-22-21-36(29-48(39)60)61-35-14-12-13-34(28-35)58-32-59(47-20-11-10-19-46(47)58)52-50-40(37-15-6-8-17-43(37)56(50)4)30-41-38-16-7-9-18-44(38)57(5)51(41)52;/h6-27,30-32H,1-5H3;/q-3;. The summed E-state index contributed by atoms with van der Waals surface area (Å²) in [6, 6.07) is 52.0. The molecule has 62 heavy (non-hydrogen) atoms. The van der Waals surface area contributed by atoms with E-state index in [0.717, 1.165) is 50.4 Å². The summed E-state index contributed by atoms with van der Waals surface area (Å²) >= 11 is 0. The van der Waals surface area contributed by atoms with Crippen LogP contribution < -0.4 is 14.5 Å². The van der Waals surface area contributed by atoms with Crippen molar-refractivity contribution >= 4 is 88.2 Å². The van der Waals surface area contributed by atoms with Crippen LogP contribution in [-0.4, -0.2) is 23.7 Å². The number of pyridine rings is 2. The van der Waals surface area contributed by atoms with Gasteiger partial charge in [0.05, 0.1) is 16.7 Å². The monoisotopic (exact) mass is 985 g/mol. The van der Waals surface area contributed by atoms with Crippen molar-refractivity contribution in [3.05, 3.63) is 170 Å². The van der Waals surface area contributed by atoms with E-state index in [2.05, 4.69) is 185 Å². The molecule has 0 spiro atoms. The number of fused-ring (bicyclic) bond motifs is 10. The van der Waals surface area contributed by atoms with Gasteiger partial charge in [0.1, 0.15) is 5.82 Å². The van der Waals surface area contributed by atoms with Crippen molar-refractivity contribution in [2.24, 2.45) is 14.1 Å². The Morgan fingerprint density at radius 1 is 0.581 bits per heavy atom. The Morgan fingerprint density at radius 2 is 1.24 bits per heavy atom. The predicted octanol–water partition coefficient (Wildman–Crippen LogP) is 13.0. The van der Waals surface area contributed by atoms with Gasteiger partial charge in [0.2, 0.25) is 0 Å². The number of nitrogens with zero attached hydrogens (tertiary/aromatic N) is 7. The SMILES string of the molecule is Cn1c2ccccc2c2cc3c4ccccc4n(C)c3c(N3[CH-]N(c4[c-]c(Oc5[c-]c6c(cc5)c5cnccc5n6-c5cc(C(C)(C)C)ccn5)ccc4)c4ccccc43)c21.[Pt]. The first-order chi connectivity index (χ1) is 29.7. The van der Waals surface area contributed by atoms with Crippen molar-refractivity contribution in [1.29, 1.82) is 0 Å². The van der Waals surface area contributed by atoms with Crippen LogP contribution in [0.25, 0.3) is 71.2 Å². The van der Waals surface area contributed by atoms with Gasteiger partial charge in [-0.05, 0) is 64.9 Å². The number of aromatic nitrogens is 5. The van der Waals surface area contributed by atoms with E-state index in [1.54, 1.807) is 0 Å². The molecule has 1 aliphatic heterocycles. The minimum atomic E-state index is -0.0350. The van der Waals surface area contributed by atoms with Gasteiger partial charge in [0.15, 0.2) is 0 Å². The number of anilines is 4. The van der Waals surface area contributed by atoms with Gasteiger partial charge in [-0.25, -0.2) is 4.98 Å². The minimum Gasteiger partial charge on any atom is -0.509 e. The second kappa shape index (κ2) is 14.1. The summed E-state index contributed by atoms with van der Waals surface area (Å²) in [5.74, 6) is 1.99. The van der Waals surface area contributed by atoms with Crippen LogP contribution in [0.4, 0.5) is 22.7 Å². The maximum Gasteiger partial charge on any atom is 0.135 e. The number of ether oxygens (including phenoxy) is 1. The Labute approximate surface area is 373 Å². The zero-order valence-electron chi connectivity index (χ0n) is 34.8. The van der Waals surface area contributed by atoms with E-state index in [-0.39, 0.29) is 26.5 Å².